The van der Waals surface area contributed by atoms with Gasteiger partial charge >= 0.3 is 0 Å². The van der Waals surface area contributed by atoms with Gasteiger partial charge in [-0.1, -0.05) is 12.2 Å². The molecule has 20 heavy (non-hydrogen) atoms. The SMILES string of the molecule is Fc1cc(-c2nc(=S)c(Br)c(C3CC3)[nH]2)cc(F)c1F. The molecule has 0 unspecified atom stereocenters. The van der Waals surface area contributed by atoms with Crippen LogP contribution < -0.4 is 0 Å². The molecule has 0 aliphatic heterocycles. The maximum atomic E-state index is 13.3. The lowest BCUT2D eigenvalue weighted by Crippen LogP contribution is -1.99. The average Bonchev–Trinajstić information content (AvgIpc) is 3.22. The Morgan fingerprint density at radius 3 is 2.35 bits per heavy atom. The molecule has 2 aromatic rings. The summed E-state index contributed by atoms with van der Waals surface area (Å²) in [5.41, 5.74) is 0.993. The van der Waals surface area contributed by atoms with Crippen molar-refractivity contribution >= 4 is 28.1 Å². The molecule has 0 radical (unpaired) electrons. The van der Waals surface area contributed by atoms with Crippen molar-refractivity contribution in [3.8, 4) is 11.4 Å². The van der Waals surface area contributed by atoms with Gasteiger partial charge in [-0.2, -0.15) is 0 Å². The van der Waals surface area contributed by atoms with Gasteiger partial charge < -0.3 is 4.98 Å². The molecule has 0 spiro atoms. The van der Waals surface area contributed by atoms with Gasteiger partial charge in [0, 0.05) is 17.2 Å². The molecule has 7 heteroatoms. The van der Waals surface area contributed by atoms with Crippen LogP contribution in [0.5, 0.6) is 0 Å². The predicted molar refractivity (Wildman–Crippen MR) is 74.4 cm³/mol. The van der Waals surface area contributed by atoms with Crippen molar-refractivity contribution in [2.75, 3.05) is 0 Å². The van der Waals surface area contributed by atoms with Crippen molar-refractivity contribution in [3.63, 3.8) is 0 Å². The van der Waals surface area contributed by atoms with Crippen LogP contribution in [0, 0.1) is 22.1 Å². The van der Waals surface area contributed by atoms with Crippen LogP contribution in [-0.2, 0) is 0 Å². The molecule has 1 aliphatic rings. The molecule has 1 heterocycles. The van der Waals surface area contributed by atoms with Crippen molar-refractivity contribution in [2.45, 2.75) is 18.8 Å². The summed E-state index contributed by atoms with van der Waals surface area (Å²) in [7, 11) is 0. The largest absolute Gasteiger partial charge is 0.342 e. The number of aromatic amines is 1. The molecule has 0 bridgehead atoms. The summed E-state index contributed by atoms with van der Waals surface area (Å²) in [6.45, 7) is 0. The average molecular weight is 361 g/mol. The minimum Gasteiger partial charge on any atom is -0.342 e. The van der Waals surface area contributed by atoms with Gasteiger partial charge in [0.15, 0.2) is 17.5 Å². The van der Waals surface area contributed by atoms with Gasteiger partial charge in [-0.05, 0) is 40.9 Å². The Morgan fingerprint density at radius 1 is 1.20 bits per heavy atom. The van der Waals surface area contributed by atoms with E-state index in [2.05, 4.69) is 25.9 Å². The maximum Gasteiger partial charge on any atom is 0.194 e. The Kier molecular flexibility index (Phi) is 3.41. The molecule has 1 N–H and O–H groups in total. The first kappa shape index (κ1) is 13.8. The van der Waals surface area contributed by atoms with Crippen molar-refractivity contribution in [1.82, 2.24) is 9.97 Å². The monoisotopic (exact) mass is 360 g/mol. The molecule has 104 valence electrons. The fraction of sp³-hybridized carbons (Fsp3) is 0.231. The summed E-state index contributed by atoms with van der Waals surface area (Å²) in [4.78, 5) is 7.11. The topological polar surface area (TPSA) is 28.7 Å². The third kappa shape index (κ3) is 2.40. The Labute approximate surface area is 126 Å². The molecule has 1 aromatic heterocycles. The molecule has 1 aromatic carbocycles. The Bertz CT molecular complexity index is 733. The smallest absolute Gasteiger partial charge is 0.194 e. The highest BCUT2D eigenvalue weighted by Crippen LogP contribution is 2.42. The molecule has 0 saturated heterocycles. The van der Waals surface area contributed by atoms with Crippen molar-refractivity contribution in [3.05, 3.63) is 44.4 Å². The van der Waals surface area contributed by atoms with Crippen LogP contribution in [0.3, 0.4) is 0 Å². The molecule has 3 rings (SSSR count). The van der Waals surface area contributed by atoms with Gasteiger partial charge in [-0.15, -0.1) is 0 Å². The van der Waals surface area contributed by atoms with E-state index in [1.807, 2.05) is 0 Å². The Morgan fingerprint density at radius 2 is 1.80 bits per heavy atom. The minimum atomic E-state index is -1.49. The molecule has 1 fully saturated rings. The van der Waals surface area contributed by atoms with E-state index in [1.165, 1.54) is 0 Å². The van der Waals surface area contributed by atoms with Crippen LogP contribution in [0.4, 0.5) is 13.2 Å². The molecule has 0 atom stereocenters. The zero-order valence-electron chi connectivity index (χ0n) is 10.0. The fourth-order valence-electron chi connectivity index (χ4n) is 1.96. The summed E-state index contributed by atoms with van der Waals surface area (Å²) >= 11 is 8.49. The van der Waals surface area contributed by atoms with E-state index in [0.717, 1.165) is 30.7 Å². The molecular weight excluding hydrogens is 353 g/mol. The number of aromatic nitrogens is 2. The molecule has 0 amide bonds. The molecular formula is C13H8BrF3N2S. The van der Waals surface area contributed by atoms with Crippen molar-refractivity contribution in [1.29, 1.82) is 0 Å². The lowest BCUT2D eigenvalue weighted by atomic mass is 10.2. The number of hydrogen-bond acceptors (Lipinski definition) is 2. The lowest BCUT2D eigenvalue weighted by Gasteiger charge is -2.08. The first-order chi connectivity index (χ1) is 9.47. The van der Waals surface area contributed by atoms with E-state index in [9.17, 15) is 13.2 Å². The van der Waals surface area contributed by atoms with Crippen molar-refractivity contribution < 1.29 is 13.2 Å². The van der Waals surface area contributed by atoms with Crippen LogP contribution >= 0.6 is 28.1 Å². The summed E-state index contributed by atoms with van der Waals surface area (Å²) in [6, 6.07) is 1.80. The highest BCUT2D eigenvalue weighted by molar-refractivity contribution is 9.10. The number of rotatable bonds is 2. The highest BCUT2D eigenvalue weighted by Gasteiger charge is 2.28. The van der Waals surface area contributed by atoms with Gasteiger partial charge in [0.25, 0.3) is 0 Å². The van der Waals surface area contributed by atoms with Crippen LogP contribution in [0.15, 0.2) is 16.6 Å². The minimum absolute atomic E-state index is 0.127. The number of halogens is 4. The van der Waals surface area contributed by atoms with E-state index in [4.69, 9.17) is 12.2 Å². The summed E-state index contributed by atoms with van der Waals surface area (Å²) in [5, 5.41) is 0. The molecule has 1 saturated carbocycles. The second-order valence-corrected chi connectivity index (χ2v) is 5.83. The number of hydrogen-bond donors (Lipinski definition) is 1. The van der Waals surface area contributed by atoms with Gasteiger partial charge in [-0.3, -0.25) is 0 Å². The highest BCUT2D eigenvalue weighted by atomic mass is 79.9. The van der Waals surface area contributed by atoms with Crippen LogP contribution in [-0.4, -0.2) is 9.97 Å². The molecule has 1 aliphatic carbocycles. The van der Waals surface area contributed by atoms with Crippen molar-refractivity contribution in [2.24, 2.45) is 0 Å². The van der Waals surface area contributed by atoms with Gasteiger partial charge in [0.05, 0.1) is 4.47 Å². The quantitative estimate of drug-likeness (QED) is 0.611. The second kappa shape index (κ2) is 4.96. The first-order valence-electron chi connectivity index (χ1n) is 5.92. The number of nitrogens with zero attached hydrogens (tertiary/aromatic N) is 1. The van der Waals surface area contributed by atoms with E-state index in [-0.39, 0.29) is 11.4 Å². The van der Waals surface area contributed by atoms with Crippen LogP contribution in [0.2, 0.25) is 0 Å². The number of H-pyrrole nitrogens is 1. The predicted octanol–water partition coefficient (Wildman–Crippen LogP) is 4.86. The lowest BCUT2D eigenvalue weighted by molar-refractivity contribution is 0.447. The van der Waals surface area contributed by atoms with E-state index >= 15 is 0 Å². The second-order valence-electron chi connectivity index (χ2n) is 4.65. The number of nitrogens with one attached hydrogen (secondary N) is 1. The summed E-state index contributed by atoms with van der Waals surface area (Å²) < 4.78 is 40.6. The van der Waals surface area contributed by atoms with E-state index in [0.29, 0.717) is 15.0 Å². The van der Waals surface area contributed by atoms with Gasteiger partial charge in [0.2, 0.25) is 0 Å². The third-order valence-corrected chi connectivity index (χ3v) is 4.49. The van der Waals surface area contributed by atoms with Crippen LogP contribution in [0.25, 0.3) is 11.4 Å². The normalized spacial score (nSPS) is 14.6. The summed E-state index contributed by atoms with van der Waals surface area (Å²) in [5.74, 6) is -3.42. The third-order valence-electron chi connectivity index (χ3n) is 3.13. The fourth-order valence-corrected chi connectivity index (χ4v) is 2.67. The maximum absolute atomic E-state index is 13.3. The van der Waals surface area contributed by atoms with E-state index < -0.39 is 17.5 Å². The zero-order valence-corrected chi connectivity index (χ0v) is 12.4. The van der Waals surface area contributed by atoms with Gasteiger partial charge in [0.1, 0.15) is 10.5 Å². The first-order valence-corrected chi connectivity index (χ1v) is 7.12. The number of benzene rings is 1. The van der Waals surface area contributed by atoms with E-state index in [1.54, 1.807) is 0 Å². The zero-order chi connectivity index (χ0) is 14.4. The standard InChI is InChI=1S/C13H8BrF3N2S/c14-9-11(5-1-2-5)18-12(19-13(9)20)6-3-7(15)10(17)8(16)4-6/h3-5H,1-2H2,(H,18,19,20). The van der Waals surface area contributed by atoms with Crippen LogP contribution in [0.1, 0.15) is 24.5 Å². The Balaban J connectivity index is 2.17. The molecule has 2 nitrogen and oxygen atoms in total. The Hall–Kier alpha value is -1.21. The summed E-state index contributed by atoms with van der Waals surface area (Å²) in [6.07, 6.45) is 2.05. The van der Waals surface area contributed by atoms with Gasteiger partial charge in [-0.25, -0.2) is 18.2 Å².